The lowest BCUT2D eigenvalue weighted by molar-refractivity contribution is 0.0134. The Morgan fingerprint density at radius 3 is 2.67 bits per heavy atom. The fourth-order valence-corrected chi connectivity index (χ4v) is 0.869. The topological polar surface area (TPSA) is 29.5 Å². The smallest absolute Gasteiger partial charge is 0.143 e. The van der Waals surface area contributed by atoms with Gasteiger partial charge in [0.05, 0.1) is 6.61 Å². The highest BCUT2D eigenvalue weighted by molar-refractivity contribution is 5.48. The van der Waals surface area contributed by atoms with E-state index in [0.717, 1.165) is 5.56 Å². The van der Waals surface area contributed by atoms with Crippen LogP contribution < -0.4 is 0 Å². The Morgan fingerprint density at radius 1 is 1.25 bits per heavy atom. The van der Waals surface area contributed by atoms with Gasteiger partial charge < -0.3 is 9.84 Å². The van der Waals surface area contributed by atoms with Crippen LogP contribution in [0.15, 0.2) is 36.4 Å². The maximum Gasteiger partial charge on any atom is 0.143 e. The van der Waals surface area contributed by atoms with Gasteiger partial charge in [0.1, 0.15) is 6.79 Å². The molecule has 0 heterocycles. The molecular weight excluding hydrogens is 152 g/mol. The molecule has 1 aromatic rings. The second-order valence-electron chi connectivity index (χ2n) is 2.31. The Hall–Kier alpha value is -1.12. The number of ether oxygens (including phenoxy) is 1. The molecular formula is C10H12O2. The average Bonchev–Trinajstić information content (AvgIpc) is 2.14. The molecule has 12 heavy (non-hydrogen) atoms. The summed E-state index contributed by atoms with van der Waals surface area (Å²) < 4.78 is 4.72. The average molecular weight is 164 g/mol. The Bertz CT molecular complexity index is 229. The highest BCUT2D eigenvalue weighted by Gasteiger charge is 1.81. The molecule has 64 valence electrons. The first kappa shape index (κ1) is 8.97. The Labute approximate surface area is 72.1 Å². The van der Waals surface area contributed by atoms with Gasteiger partial charge in [-0.15, -0.1) is 0 Å². The van der Waals surface area contributed by atoms with Gasteiger partial charge in [-0.3, -0.25) is 0 Å². The lowest BCUT2D eigenvalue weighted by Gasteiger charge is -1.93. The van der Waals surface area contributed by atoms with Crippen LogP contribution in [0, 0.1) is 0 Å². The maximum absolute atomic E-state index is 8.31. The summed E-state index contributed by atoms with van der Waals surface area (Å²) in [6.07, 6.45) is 3.82. The molecule has 0 unspecified atom stereocenters. The van der Waals surface area contributed by atoms with Crippen molar-refractivity contribution in [2.24, 2.45) is 0 Å². The molecule has 1 N–H and O–H groups in total. The van der Waals surface area contributed by atoms with Crippen molar-refractivity contribution in [1.29, 1.82) is 0 Å². The van der Waals surface area contributed by atoms with E-state index < -0.39 is 0 Å². The van der Waals surface area contributed by atoms with Gasteiger partial charge in [-0.05, 0) is 5.56 Å². The summed E-state index contributed by atoms with van der Waals surface area (Å²) in [6.45, 7) is 0.227. The molecule has 0 aromatic heterocycles. The van der Waals surface area contributed by atoms with Gasteiger partial charge in [0.2, 0.25) is 0 Å². The van der Waals surface area contributed by atoms with E-state index in [4.69, 9.17) is 9.84 Å². The van der Waals surface area contributed by atoms with E-state index in [-0.39, 0.29) is 6.79 Å². The van der Waals surface area contributed by atoms with Crippen molar-refractivity contribution < 1.29 is 9.84 Å². The first-order valence-corrected chi connectivity index (χ1v) is 3.83. The molecule has 0 spiro atoms. The van der Waals surface area contributed by atoms with Crippen LogP contribution in [0.3, 0.4) is 0 Å². The normalized spacial score (nSPS) is 10.8. The standard InChI is InChI=1S/C10H12O2/c11-9-12-8-4-7-10-5-2-1-3-6-10/h1-7,11H,8-9H2/b7-4+. The van der Waals surface area contributed by atoms with Crippen LogP contribution in [0.4, 0.5) is 0 Å². The van der Waals surface area contributed by atoms with Gasteiger partial charge in [0, 0.05) is 0 Å². The second-order valence-corrected chi connectivity index (χ2v) is 2.31. The summed E-state index contributed by atoms with van der Waals surface area (Å²) >= 11 is 0. The van der Waals surface area contributed by atoms with Crippen molar-refractivity contribution in [1.82, 2.24) is 0 Å². The highest BCUT2D eigenvalue weighted by Crippen LogP contribution is 2.00. The molecule has 0 aliphatic carbocycles. The van der Waals surface area contributed by atoms with Crippen LogP contribution in [-0.4, -0.2) is 18.5 Å². The maximum atomic E-state index is 8.31. The van der Waals surface area contributed by atoms with Crippen molar-refractivity contribution in [3.63, 3.8) is 0 Å². The molecule has 0 radical (unpaired) electrons. The van der Waals surface area contributed by atoms with Crippen molar-refractivity contribution >= 4 is 6.08 Å². The third-order valence-electron chi connectivity index (χ3n) is 1.42. The summed E-state index contributed by atoms with van der Waals surface area (Å²) in [6, 6.07) is 9.95. The number of benzene rings is 1. The Kier molecular flexibility index (Phi) is 4.13. The molecule has 0 aliphatic heterocycles. The van der Waals surface area contributed by atoms with Crippen LogP contribution in [0.5, 0.6) is 0 Å². The van der Waals surface area contributed by atoms with Gasteiger partial charge in [-0.2, -0.15) is 0 Å². The number of aliphatic hydroxyl groups excluding tert-OH is 1. The highest BCUT2D eigenvalue weighted by atomic mass is 16.6. The first-order chi connectivity index (χ1) is 5.93. The van der Waals surface area contributed by atoms with Gasteiger partial charge in [-0.1, -0.05) is 42.5 Å². The van der Waals surface area contributed by atoms with Crippen molar-refractivity contribution in [3.8, 4) is 0 Å². The molecule has 0 saturated carbocycles. The minimum absolute atomic E-state index is 0.223. The zero-order valence-electron chi connectivity index (χ0n) is 6.81. The molecule has 0 bridgehead atoms. The van der Waals surface area contributed by atoms with E-state index in [2.05, 4.69) is 0 Å². The lowest BCUT2D eigenvalue weighted by Crippen LogP contribution is -1.90. The molecule has 0 amide bonds. The van der Waals surface area contributed by atoms with E-state index in [1.165, 1.54) is 0 Å². The monoisotopic (exact) mass is 164 g/mol. The molecule has 0 fully saturated rings. The molecule has 0 atom stereocenters. The summed E-state index contributed by atoms with van der Waals surface area (Å²) in [5, 5.41) is 8.31. The van der Waals surface area contributed by atoms with Crippen molar-refractivity contribution in [2.45, 2.75) is 0 Å². The molecule has 0 aliphatic rings. The van der Waals surface area contributed by atoms with Crippen molar-refractivity contribution in [2.75, 3.05) is 13.4 Å². The van der Waals surface area contributed by atoms with Crippen LogP contribution in [0.25, 0.3) is 6.08 Å². The van der Waals surface area contributed by atoms with Crippen LogP contribution >= 0.6 is 0 Å². The minimum Gasteiger partial charge on any atom is -0.371 e. The van der Waals surface area contributed by atoms with Gasteiger partial charge in [0.25, 0.3) is 0 Å². The largest absolute Gasteiger partial charge is 0.371 e. The molecule has 1 aromatic carbocycles. The van der Waals surface area contributed by atoms with E-state index in [0.29, 0.717) is 6.61 Å². The third-order valence-corrected chi connectivity index (χ3v) is 1.42. The van der Waals surface area contributed by atoms with Crippen LogP contribution in [0.2, 0.25) is 0 Å². The van der Waals surface area contributed by atoms with Crippen LogP contribution in [0.1, 0.15) is 5.56 Å². The predicted molar refractivity (Wildman–Crippen MR) is 48.5 cm³/mol. The SMILES string of the molecule is OCOC/C=C/c1ccccc1. The molecule has 1 rings (SSSR count). The number of rotatable bonds is 4. The summed E-state index contributed by atoms with van der Waals surface area (Å²) in [7, 11) is 0. The quantitative estimate of drug-likeness (QED) is 0.541. The summed E-state index contributed by atoms with van der Waals surface area (Å²) in [4.78, 5) is 0. The number of hydrogen-bond donors (Lipinski definition) is 1. The first-order valence-electron chi connectivity index (χ1n) is 3.83. The van der Waals surface area contributed by atoms with E-state index in [9.17, 15) is 0 Å². The molecule has 2 nitrogen and oxygen atoms in total. The summed E-state index contributed by atoms with van der Waals surface area (Å²) in [5.74, 6) is 0. The fraction of sp³-hybridized carbons (Fsp3) is 0.200. The predicted octanol–water partition coefficient (Wildman–Crippen LogP) is 1.67. The molecule has 0 saturated heterocycles. The van der Waals surface area contributed by atoms with Crippen molar-refractivity contribution in [3.05, 3.63) is 42.0 Å². The second kappa shape index (κ2) is 5.52. The van der Waals surface area contributed by atoms with Gasteiger partial charge >= 0.3 is 0 Å². The van der Waals surface area contributed by atoms with E-state index in [1.807, 2.05) is 42.5 Å². The zero-order valence-corrected chi connectivity index (χ0v) is 6.81. The van der Waals surface area contributed by atoms with E-state index >= 15 is 0 Å². The number of aliphatic hydroxyl groups is 1. The van der Waals surface area contributed by atoms with Gasteiger partial charge in [-0.25, -0.2) is 0 Å². The number of hydrogen-bond acceptors (Lipinski definition) is 2. The third kappa shape index (κ3) is 3.32. The Balaban J connectivity index is 2.36. The van der Waals surface area contributed by atoms with Gasteiger partial charge in [0.15, 0.2) is 0 Å². The molecule has 2 heteroatoms. The van der Waals surface area contributed by atoms with Crippen LogP contribution in [-0.2, 0) is 4.74 Å². The fourth-order valence-electron chi connectivity index (χ4n) is 0.869. The summed E-state index contributed by atoms with van der Waals surface area (Å²) in [5.41, 5.74) is 1.14. The minimum atomic E-state index is -0.223. The van der Waals surface area contributed by atoms with E-state index in [1.54, 1.807) is 0 Å². The Morgan fingerprint density at radius 2 is 2.00 bits per heavy atom. The zero-order chi connectivity index (χ0) is 8.65. The lowest BCUT2D eigenvalue weighted by atomic mass is 10.2.